The molecule has 1 rings (SSSR count). The van der Waals surface area contributed by atoms with Crippen molar-refractivity contribution < 1.29 is 27.0 Å². The van der Waals surface area contributed by atoms with E-state index in [9.17, 15) is 27.0 Å². The van der Waals surface area contributed by atoms with Crippen molar-refractivity contribution in [2.24, 2.45) is 0 Å². The molecule has 0 bridgehead atoms. The van der Waals surface area contributed by atoms with Crippen molar-refractivity contribution in [3.05, 3.63) is 29.6 Å². The third kappa shape index (κ3) is 3.06. The van der Waals surface area contributed by atoms with Crippen LogP contribution in [0.1, 0.15) is 5.56 Å². The van der Waals surface area contributed by atoms with E-state index >= 15 is 0 Å². The number of benzene rings is 1. The second-order valence-corrected chi connectivity index (χ2v) is 5.58. The fraction of sp³-hybridized carbons (Fsp3) is 0.333. The van der Waals surface area contributed by atoms with Crippen LogP contribution in [0.15, 0.2) is 18.2 Å². The first-order chi connectivity index (χ1) is 7.13. The van der Waals surface area contributed by atoms with Crippen LogP contribution < -0.4 is 5.30 Å². The van der Waals surface area contributed by atoms with Crippen molar-refractivity contribution in [3.63, 3.8) is 0 Å². The summed E-state index contributed by atoms with van der Waals surface area (Å²) in [4.78, 5) is 9.22. The van der Waals surface area contributed by atoms with Gasteiger partial charge in [0.2, 0.25) is 7.37 Å². The molecule has 1 aromatic rings. The molecule has 16 heavy (non-hydrogen) atoms. The summed E-state index contributed by atoms with van der Waals surface area (Å²) in [5, 5.41) is -0.773. The quantitative estimate of drug-likeness (QED) is 0.652. The van der Waals surface area contributed by atoms with Crippen LogP contribution in [-0.4, -0.2) is 17.2 Å². The molecule has 1 aromatic carbocycles. The van der Waals surface area contributed by atoms with Gasteiger partial charge in [0.15, 0.2) is 0 Å². The number of hydrogen-bond acceptors (Lipinski definition) is 1. The molecule has 90 valence electrons. The van der Waals surface area contributed by atoms with Crippen LogP contribution in [0.5, 0.6) is 0 Å². The Bertz CT molecular complexity index is 442. The number of hydrogen-bond donors (Lipinski definition) is 1. The predicted octanol–water partition coefficient (Wildman–Crippen LogP) is 2.59. The minimum Gasteiger partial charge on any atom is -0.341 e. The van der Waals surface area contributed by atoms with Crippen LogP contribution in [0.2, 0.25) is 0 Å². The van der Waals surface area contributed by atoms with E-state index < -0.39 is 30.8 Å². The SMILES string of the molecule is Cc1cccc(P(=O)(O)CC(F)(F)F)c1F. The molecule has 1 unspecified atom stereocenters. The minimum atomic E-state index is -4.81. The number of alkyl halides is 3. The van der Waals surface area contributed by atoms with E-state index in [1.54, 1.807) is 0 Å². The zero-order valence-corrected chi connectivity index (χ0v) is 9.15. The highest BCUT2D eigenvalue weighted by molar-refractivity contribution is 7.66. The first-order valence-corrected chi connectivity index (χ1v) is 6.12. The maximum atomic E-state index is 13.4. The highest BCUT2D eigenvalue weighted by atomic mass is 31.2. The molecular weight excluding hydrogens is 247 g/mol. The maximum Gasteiger partial charge on any atom is 0.398 e. The zero-order valence-electron chi connectivity index (χ0n) is 8.25. The van der Waals surface area contributed by atoms with Gasteiger partial charge in [0.1, 0.15) is 12.0 Å². The summed E-state index contributed by atoms with van der Waals surface area (Å²) in [6.07, 6.45) is -6.72. The first-order valence-electron chi connectivity index (χ1n) is 4.28. The Morgan fingerprint density at radius 3 is 2.44 bits per heavy atom. The Morgan fingerprint density at radius 1 is 1.38 bits per heavy atom. The second kappa shape index (κ2) is 4.18. The highest BCUT2D eigenvalue weighted by Crippen LogP contribution is 2.45. The van der Waals surface area contributed by atoms with Gasteiger partial charge in [0.25, 0.3) is 0 Å². The lowest BCUT2D eigenvalue weighted by molar-refractivity contribution is -0.107. The molecule has 1 N–H and O–H groups in total. The van der Waals surface area contributed by atoms with E-state index in [0.717, 1.165) is 6.07 Å². The van der Waals surface area contributed by atoms with Gasteiger partial charge in [0, 0.05) is 0 Å². The summed E-state index contributed by atoms with van der Waals surface area (Å²) in [7, 11) is -4.73. The lowest BCUT2D eigenvalue weighted by atomic mass is 10.2. The zero-order chi connectivity index (χ0) is 12.6. The molecule has 0 aliphatic heterocycles. The fourth-order valence-electron chi connectivity index (χ4n) is 1.23. The topological polar surface area (TPSA) is 37.3 Å². The van der Waals surface area contributed by atoms with E-state index in [4.69, 9.17) is 0 Å². The molecule has 0 saturated heterocycles. The molecule has 2 nitrogen and oxygen atoms in total. The van der Waals surface area contributed by atoms with Gasteiger partial charge in [-0.3, -0.25) is 4.57 Å². The maximum absolute atomic E-state index is 13.4. The summed E-state index contributed by atoms with van der Waals surface area (Å²) >= 11 is 0. The van der Waals surface area contributed by atoms with Crippen LogP contribution >= 0.6 is 7.37 Å². The van der Waals surface area contributed by atoms with Gasteiger partial charge in [-0.25, -0.2) is 4.39 Å². The minimum absolute atomic E-state index is 0.0361. The Balaban J connectivity index is 3.18. The molecule has 0 aliphatic rings. The third-order valence-electron chi connectivity index (χ3n) is 1.94. The molecule has 0 aromatic heterocycles. The largest absolute Gasteiger partial charge is 0.398 e. The van der Waals surface area contributed by atoms with E-state index in [0.29, 0.717) is 0 Å². The smallest absolute Gasteiger partial charge is 0.341 e. The highest BCUT2D eigenvalue weighted by Gasteiger charge is 2.40. The van der Waals surface area contributed by atoms with Gasteiger partial charge in [-0.15, -0.1) is 0 Å². The molecule has 0 amide bonds. The van der Waals surface area contributed by atoms with Crippen molar-refractivity contribution in [1.29, 1.82) is 0 Å². The van der Waals surface area contributed by atoms with Crippen LogP contribution in [0, 0.1) is 12.7 Å². The first kappa shape index (κ1) is 13.2. The van der Waals surface area contributed by atoms with Gasteiger partial charge >= 0.3 is 6.18 Å². The van der Waals surface area contributed by atoms with Crippen LogP contribution in [0.4, 0.5) is 17.6 Å². The summed E-state index contributed by atoms with van der Waals surface area (Å²) in [5.41, 5.74) is 0.0361. The Labute approximate surface area is 89.4 Å². The van der Waals surface area contributed by atoms with E-state index in [-0.39, 0.29) is 5.56 Å². The Hall–Kier alpha value is -0.870. The lowest BCUT2D eigenvalue weighted by Crippen LogP contribution is -2.22. The number of aryl methyl sites for hydroxylation is 1. The second-order valence-electron chi connectivity index (χ2n) is 3.38. The van der Waals surface area contributed by atoms with E-state index in [1.807, 2.05) is 0 Å². The number of rotatable bonds is 2. The fourth-order valence-corrected chi connectivity index (χ4v) is 2.69. The van der Waals surface area contributed by atoms with Gasteiger partial charge in [-0.05, 0) is 18.6 Å². The Morgan fingerprint density at radius 2 is 1.94 bits per heavy atom. The van der Waals surface area contributed by atoms with Crippen LogP contribution in [0.3, 0.4) is 0 Å². The predicted molar refractivity (Wildman–Crippen MR) is 51.5 cm³/mol. The number of halogens is 4. The van der Waals surface area contributed by atoms with Crippen molar-refractivity contribution in [2.75, 3.05) is 6.16 Å². The molecule has 7 heteroatoms. The molecule has 0 aliphatic carbocycles. The van der Waals surface area contributed by atoms with Gasteiger partial charge in [-0.1, -0.05) is 12.1 Å². The van der Waals surface area contributed by atoms with Crippen molar-refractivity contribution >= 4 is 12.7 Å². The van der Waals surface area contributed by atoms with Crippen LogP contribution in [0.25, 0.3) is 0 Å². The molecule has 0 saturated carbocycles. The van der Waals surface area contributed by atoms with E-state index in [1.165, 1.54) is 19.1 Å². The Kier molecular flexibility index (Phi) is 3.45. The van der Waals surface area contributed by atoms with Crippen molar-refractivity contribution in [1.82, 2.24) is 0 Å². The third-order valence-corrected chi connectivity index (χ3v) is 3.83. The molecule has 1 atom stereocenters. The standard InChI is InChI=1S/C9H9F4O2P/c1-6-3-2-4-7(8(6)10)16(14,15)5-9(11,12)13/h2-4H,5H2,1H3,(H,14,15). The molecule has 0 radical (unpaired) electrons. The van der Waals surface area contributed by atoms with Gasteiger partial charge in [0.05, 0.1) is 5.30 Å². The average Bonchev–Trinajstić information content (AvgIpc) is 2.05. The summed E-state index contributed by atoms with van der Waals surface area (Å²) in [6.45, 7) is 1.31. The summed E-state index contributed by atoms with van der Waals surface area (Å²) < 4.78 is 60.8. The van der Waals surface area contributed by atoms with Crippen molar-refractivity contribution in [2.45, 2.75) is 13.1 Å². The molecular formula is C9H9F4O2P. The summed E-state index contributed by atoms with van der Waals surface area (Å²) in [5.74, 6) is -1.06. The molecule has 0 heterocycles. The normalized spacial score (nSPS) is 15.9. The average molecular weight is 256 g/mol. The van der Waals surface area contributed by atoms with Gasteiger partial charge < -0.3 is 4.89 Å². The van der Waals surface area contributed by atoms with Crippen molar-refractivity contribution in [3.8, 4) is 0 Å². The van der Waals surface area contributed by atoms with Gasteiger partial charge in [-0.2, -0.15) is 13.2 Å². The van der Waals surface area contributed by atoms with Crippen LogP contribution in [-0.2, 0) is 4.57 Å². The van der Waals surface area contributed by atoms with E-state index in [2.05, 4.69) is 0 Å². The molecule has 0 spiro atoms. The molecule has 0 fully saturated rings. The summed E-state index contributed by atoms with van der Waals surface area (Å²) in [6, 6.07) is 3.45. The monoisotopic (exact) mass is 256 g/mol. The lowest BCUT2D eigenvalue weighted by Gasteiger charge is -2.15.